The van der Waals surface area contributed by atoms with Crippen molar-refractivity contribution >= 4 is 12.0 Å². The lowest BCUT2D eigenvalue weighted by molar-refractivity contribution is -0.141. The first-order valence-corrected chi connectivity index (χ1v) is 6.85. The molecule has 2 rings (SSSR count). The summed E-state index contributed by atoms with van der Waals surface area (Å²) in [6.07, 6.45) is 3.68. The number of carbonyl (C=O) groups is 2. The fourth-order valence-electron chi connectivity index (χ4n) is 2.76. The van der Waals surface area contributed by atoms with E-state index >= 15 is 0 Å². The molecule has 3 unspecified atom stereocenters. The SMILES string of the molecule is COC1CC(C(=O)O)N(C(=O)NC(C)C2CCC2)C1. The van der Waals surface area contributed by atoms with E-state index in [0.29, 0.717) is 18.9 Å². The highest BCUT2D eigenvalue weighted by molar-refractivity contribution is 5.83. The molecule has 0 spiro atoms. The van der Waals surface area contributed by atoms with Gasteiger partial charge in [-0.2, -0.15) is 0 Å². The lowest BCUT2D eigenvalue weighted by Gasteiger charge is -2.33. The Balaban J connectivity index is 1.94. The number of hydrogen-bond donors (Lipinski definition) is 2. The van der Waals surface area contributed by atoms with Gasteiger partial charge in [0, 0.05) is 26.1 Å². The minimum Gasteiger partial charge on any atom is -0.480 e. The Morgan fingerprint density at radius 3 is 2.58 bits per heavy atom. The van der Waals surface area contributed by atoms with Gasteiger partial charge in [-0.3, -0.25) is 0 Å². The third kappa shape index (κ3) is 3.00. The predicted octanol–water partition coefficient (Wildman–Crippen LogP) is 1.06. The van der Waals surface area contributed by atoms with Crippen LogP contribution < -0.4 is 5.32 Å². The third-order valence-electron chi connectivity index (χ3n) is 4.35. The highest BCUT2D eigenvalue weighted by Crippen LogP contribution is 2.29. The van der Waals surface area contributed by atoms with Crippen LogP contribution in [0.15, 0.2) is 0 Å². The smallest absolute Gasteiger partial charge is 0.326 e. The van der Waals surface area contributed by atoms with Gasteiger partial charge in [-0.25, -0.2) is 9.59 Å². The monoisotopic (exact) mass is 270 g/mol. The molecule has 2 aliphatic rings. The zero-order valence-electron chi connectivity index (χ0n) is 11.5. The quantitative estimate of drug-likeness (QED) is 0.800. The normalized spacial score (nSPS) is 28.8. The molecule has 1 saturated carbocycles. The first-order chi connectivity index (χ1) is 9.02. The van der Waals surface area contributed by atoms with E-state index < -0.39 is 12.0 Å². The molecule has 1 aliphatic heterocycles. The van der Waals surface area contributed by atoms with E-state index in [1.54, 1.807) is 7.11 Å². The van der Waals surface area contributed by atoms with E-state index in [2.05, 4.69) is 5.32 Å². The fourth-order valence-corrected chi connectivity index (χ4v) is 2.76. The number of hydrogen-bond acceptors (Lipinski definition) is 3. The predicted molar refractivity (Wildman–Crippen MR) is 68.9 cm³/mol. The Morgan fingerprint density at radius 2 is 2.11 bits per heavy atom. The van der Waals surface area contributed by atoms with E-state index in [-0.39, 0.29) is 18.2 Å². The van der Waals surface area contributed by atoms with Crippen molar-refractivity contribution in [1.29, 1.82) is 0 Å². The van der Waals surface area contributed by atoms with Crippen LogP contribution >= 0.6 is 0 Å². The molecule has 2 fully saturated rings. The summed E-state index contributed by atoms with van der Waals surface area (Å²) in [5.41, 5.74) is 0. The van der Waals surface area contributed by atoms with Crippen molar-refractivity contribution in [3.63, 3.8) is 0 Å². The van der Waals surface area contributed by atoms with Crippen molar-refractivity contribution in [3.05, 3.63) is 0 Å². The van der Waals surface area contributed by atoms with Gasteiger partial charge in [0.2, 0.25) is 0 Å². The summed E-state index contributed by atoms with van der Waals surface area (Å²) in [5.74, 6) is -0.431. The van der Waals surface area contributed by atoms with Crippen LogP contribution in [-0.2, 0) is 9.53 Å². The molecule has 2 amide bonds. The lowest BCUT2D eigenvalue weighted by Crippen LogP contribution is -2.51. The van der Waals surface area contributed by atoms with Crippen LogP contribution in [0, 0.1) is 5.92 Å². The van der Waals surface area contributed by atoms with Gasteiger partial charge in [-0.15, -0.1) is 0 Å². The van der Waals surface area contributed by atoms with E-state index in [1.165, 1.54) is 11.3 Å². The van der Waals surface area contributed by atoms with Crippen molar-refractivity contribution in [2.24, 2.45) is 5.92 Å². The number of rotatable bonds is 4. The van der Waals surface area contributed by atoms with Crippen LogP contribution in [-0.4, -0.2) is 53.8 Å². The summed E-state index contributed by atoms with van der Waals surface area (Å²) in [5, 5.41) is 12.1. The topological polar surface area (TPSA) is 78.9 Å². The Kier molecular flexibility index (Phi) is 4.29. The lowest BCUT2D eigenvalue weighted by atomic mass is 9.80. The molecule has 0 aromatic rings. The standard InChI is InChI=1S/C13H22N2O4/c1-8(9-4-3-5-9)14-13(18)15-7-10(19-2)6-11(15)12(16)17/h8-11H,3-7H2,1-2H3,(H,14,18)(H,16,17). The minimum atomic E-state index is -0.967. The number of nitrogens with zero attached hydrogens (tertiary/aromatic N) is 1. The van der Waals surface area contributed by atoms with Crippen molar-refractivity contribution in [3.8, 4) is 0 Å². The van der Waals surface area contributed by atoms with Gasteiger partial charge in [-0.05, 0) is 25.7 Å². The molecule has 6 nitrogen and oxygen atoms in total. The molecule has 0 bridgehead atoms. The molecular formula is C13H22N2O4. The van der Waals surface area contributed by atoms with Gasteiger partial charge in [-0.1, -0.05) is 6.42 Å². The van der Waals surface area contributed by atoms with Crippen LogP contribution in [0.3, 0.4) is 0 Å². The maximum atomic E-state index is 12.2. The highest BCUT2D eigenvalue weighted by atomic mass is 16.5. The van der Waals surface area contributed by atoms with Crippen molar-refractivity contribution in [2.75, 3.05) is 13.7 Å². The van der Waals surface area contributed by atoms with E-state index in [1.807, 2.05) is 6.92 Å². The fraction of sp³-hybridized carbons (Fsp3) is 0.846. The average Bonchev–Trinajstić information content (AvgIpc) is 2.70. The average molecular weight is 270 g/mol. The highest BCUT2D eigenvalue weighted by Gasteiger charge is 2.40. The molecule has 2 N–H and O–H groups in total. The Bertz CT molecular complexity index is 357. The van der Waals surface area contributed by atoms with Crippen LogP contribution in [0.1, 0.15) is 32.6 Å². The van der Waals surface area contributed by atoms with Crippen molar-refractivity contribution < 1.29 is 19.4 Å². The van der Waals surface area contributed by atoms with Gasteiger partial charge < -0.3 is 20.1 Å². The minimum absolute atomic E-state index is 0.109. The zero-order valence-corrected chi connectivity index (χ0v) is 11.5. The number of ether oxygens (including phenoxy) is 1. The van der Waals surface area contributed by atoms with Gasteiger partial charge in [0.05, 0.1) is 6.10 Å². The van der Waals surface area contributed by atoms with E-state index in [9.17, 15) is 9.59 Å². The molecule has 108 valence electrons. The molecule has 3 atom stereocenters. The summed E-state index contributed by atoms with van der Waals surface area (Å²) in [6, 6.07) is -0.956. The second-order valence-corrected chi connectivity index (χ2v) is 5.53. The summed E-state index contributed by atoms with van der Waals surface area (Å²) >= 11 is 0. The van der Waals surface area contributed by atoms with Crippen molar-refractivity contribution in [1.82, 2.24) is 10.2 Å². The zero-order chi connectivity index (χ0) is 14.0. The number of carboxylic acids is 1. The molecule has 1 aliphatic carbocycles. The number of aliphatic carboxylic acids is 1. The maximum absolute atomic E-state index is 12.2. The number of carbonyl (C=O) groups excluding carboxylic acids is 1. The van der Waals surface area contributed by atoms with Crippen molar-refractivity contribution in [2.45, 2.75) is 50.8 Å². The van der Waals surface area contributed by atoms with E-state index in [0.717, 1.165) is 12.8 Å². The van der Waals surface area contributed by atoms with Crippen LogP contribution in [0.2, 0.25) is 0 Å². The number of nitrogens with one attached hydrogen (secondary N) is 1. The largest absolute Gasteiger partial charge is 0.480 e. The Hall–Kier alpha value is -1.30. The summed E-state index contributed by atoms with van der Waals surface area (Å²) in [6.45, 7) is 2.33. The first-order valence-electron chi connectivity index (χ1n) is 6.85. The molecule has 6 heteroatoms. The number of amides is 2. The summed E-state index contributed by atoms with van der Waals surface area (Å²) in [4.78, 5) is 24.7. The number of likely N-dealkylation sites (tertiary alicyclic amines) is 1. The molecule has 1 heterocycles. The van der Waals surface area contributed by atoms with Gasteiger partial charge in [0.1, 0.15) is 6.04 Å². The molecule has 0 radical (unpaired) electrons. The summed E-state index contributed by atoms with van der Waals surface area (Å²) < 4.78 is 5.17. The van der Waals surface area contributed by atoms with Crippen LogP contribution in [0.5, 0.6) is 0 Å². The van der Waals surface area contributed by atoms with Gasteiger partial charge in [0.25, 0.3) is 0 Å². The second-order valence-electron chi connectivity index (χ2n) is 5.53. The second kappa shape index (κ2) is 5.77. The van der Waals surface area contributed by atoms with E-state index in [4.69, 9.17) is 9.84 Å². The van der Waals surface area contributed by atoms with Gasteiger partial charge in [0.15, 0.2) is 0 Å². The van der Waals surface area contributed by atoms with Gasteiger partial charge >= 0.3 is 12.0 Å². The number of carboxylic acid groups (broad SMARTS) is 1. The molecule has 0 aromatic heterocycles. The Labute approximate surface area is 113 Å². The van der Waals surface area contributed by atoms with Crippen LogP contribution in [0.4, 0.5) is 4.79 Å². The third-order valence-corrected chi connectivity index (χ3v) is 4.35. The first kappa shape index (κ1) is 14.1. The Morgan fingerprint density at radius 1 is 1.42 bits per heavy atom. The number of methoxy groups -OCH3 is 1. The molecular weight excluding hydrogens is 248 g/mol. The maximum Gasteiger partial charge on any atom is 0.326 e. The molecule has 0 aromatic carbocycles. The van der Waals surface area contributed by atoms with Crippen LogP contribution in [0.25, 0.3) is 0 Å². The molecule has 19 heavy (non-hydrogen) atoms. The molecule has 1 saturated heterocycles. The summed E-state index contributed by atoms with van der Waals surface area (Å²) in [7, 11) is 1.54. The number of urea groups is 1.